The molecule has 1 saturated heterocycles. The molecule has 0 bridgehead atoms. The molecule has 0 spiro atoms. The monoisotopic (exact) mass is 312 g/mol. The molecule has 3 rings (SSSR count). The molecule has 1 amide bonds. The Kier molecular flexibility index (Phi) is 4.52. The van der Waals surface area contributed by atoms with Crippen LogP contribution in [0.2, 0.25) is 0 Å². The standard InChI is InChI=1S/C17H20N4O2/c1-12-9-13(18-2)10-15(20-12)16-11-21(7-8-23-16)17(22)14-5-3-4-6-19-14/h3-6,9-10,16H,7-8,11H2,1-2H3,(H,18,20)/t16-/m0/s1. The van der Waals surface area contributed by atoms with E-state index in [0.29, 0.717) is 25.4 Å². The number of nitrogens with one attached hydrogen (secondary N) is 1. The summed E-state index contributed by atoms with van der Waals surface area (Å²) in [7, 11) is 1.87. The van der Waals surface area contributed by atoms with E-state index in [0.717, 1.165) is 17.1 Å². The van der Waals surface area contributed by atoms with Crippen molar-refractivity contribution in [3.8, 4) is 0 Å². The Labute approximate surface area is 135 Å². The molecule has 23 heavy (non-hydrogen) atoms. The summed E-state index contributed by atoms with van der Waals surface area (Å²) in [5, 5.41) is 3.12. The molecule has 2 aromatic rings. The van der Waals surface area contributed by atoms with Gasteiger partial charge in [-0.05, 0) is 31.2 Å². The van der Waals surface area contributed by atoms with Crippen molar-refractivity contribution in [3.63, 3.8) is 0 Å². The lowest BCUT2D eigenvalue weighted by Gasteiger charge is -2.32. The number of ether oxygens (including phenoxy) is 1. The Morgan fingerprint density at radius 2 is 2.26 bits per heavy atom. The van der Waals surface area contributed by atoms with Crippen LogP contribution in [0.1, 0.15) is 28.0 Å². The molecule has 0 aliphatic carbocycles. The van der Waals surface area contributed by atoms with Gasteiger partial charge >= 0.3 is 0 Å². The largest absolute Gasteiger partial charge is 0.388 e. The van der Waals surface area contributed by atoms with Gasteiger partial charge in [0.15, 0.2) is 0 Å². The molecule has 0 aromatic carbocycles. The summed E-state index contributed by atoms with van der Waals surface area (Å²) in [5.74, 6) is -0.0691. The number of hydrogen-bond acceptors (Lipinski definition) is 5. The molecule has 120 valence electrons. The number of aromatic nitrogens is 2. The van der Waals surface area contributed by atoms with Crippen LogP contribution < -0.4 is 5.32 Å². The van der Waals surface area contributed by atoms with E-state index < -0.39 is 0 Å². The molecule has 1 N–H and O–H groups in total. The van der Waals surface area contributed by atoms with Crippen molar-refractivity contribution in [2.45, 2.75) is 13.0 Å². The van der Waals surface area contributed by atoms with Gasteiger partial charge in [-0.2, -0.15) is 0 Å². The normalized spacial score (nSPS) is 17.8. The van der Waals surface area contributed by atoms with E-state index in [-0.39, 0.29) is 12.0 Å². The fourth-order valence-electron chi connectivity index (χ4n) is 2.67. The molecule has 6 nitrogen and oxygen atoms in total. The lowest BCUT2D eigenvalue weighted by Crippen LogP contribution is -2.42. The lowest BCUT2D eigenvalue weighted by molar-refractivity contribution is -0.0249. The molecule has 1 fully saturated rings. The first kappa shape index (κ1) is 15.4. The summed E-state index contributed by atoms with van der Waals surface area (Å²) in [5.41, 5.74) is 3.21. The van der Waals surface area contributed by atoms with Gasteiger partial charge in [0.25, 0.3) is 5.91 Å². The Balaban J connectivity index is 1.78. The highest BCUT2D eigenvalue weighted by molar-refractivity contribution is 5.92. The smallest absolute Gasteiger partial charge is 0.272 e. The lowest BCUT2D eigenvalue weighted by atomic mass is 10.1. The Hall–Kier alpha value is -2.47. The molecule has 0 saturated carbocycles. The molecular formula is C17H20N4O2. The van der Waals surface area contributed by atoms with Gasteiger partial charge in [-0.1, -0.05) is 6.07 Å². The predicted octanol–water partition coefficient (Wildman–Crippen LogP) is 2.04. The number of aryl methyl sites for hydroxylation is 1. The van der Waals surface area contributed by atoms with E-state index in [1.807, 2.05) is 32.2 Å². The van der Waals surface area contributed by atoms with E-state index in [9.17, 15) is 4.79 Å². The van der Waals surface area contributed by atoms with Gasteiger partial charge < -0.3 is 15.0 Å². The van der Waals surface area contributed by atoms with E-state index in [4.69, 9.17) is 4.74 Å². The second-order valence-electron chi connectivity index (χ2n) is 5.50. The Bertz CT molecular complexity index is 690. The number of nitrogens with zero attached hydrogens (tertiary/aromatic N) is 3. The minimum atomic E-state index is -0.219. The number of rotatable bonds is 3. The van der Waals surface area contributed by atoms with Crippen molar-refractivity contribution in [2.75, 3.05) is 32.1 Å². The molecule has 2 aromatic heterocycles. The van der Waals surface area contributed by atoms with Crippen LogP contribution >= 0.6 is 0 Å². The van der Waals surface area contributed by atoms with Crippen LogP contribution in [0.4, 0.5) is 5.69 Å². The minimum Gasteiger partial charge on any atom is -0.388 e. The number of hydrogen-bond donors (Lipinski definition) is 1. The van der Waals surface area contributed by atoms with E-state index in [2.05, 4.69) is 15.3 Å². The molecule has 6 heteroatoms. The third kappa shape index (κ3) is 3.48. The van der Waals surface area contributed by atoms with E-state index in [1.165, 1.54) is 0 Å². The van der Waals surface area contributed by atoms with Crippen LogP contribution in [0.3, 0.4) is 0 Å². The summed E-state index contributed by atoms with van der Waals surface area (Å²) in [4.78, 5) is 23.0. The van der Waals surface area contributed by atoms with Crippen LogP contribution in [-0.4, -0.2) is 47.5 Å². The van der Waals surface area contributed by atoms with Crippen molar-refractivity contribution in [1.29, 1.82) is 0 Å². The van der Waals surface area contributed by atoms with Gasteiger partial charge in [0.2, 0.25) is 0 Å². The fourth-order valence-corrected chi connectivity index (χ4v) is 2.67. The molecule has 1 atom stereocenters. The van der Waals surface area contributed by atoms with Crippen molar-refractivity contribution < 1.29 is 9.53 Å². The van der Waals surface area contributed by atoms with Crippen LogP contribution in [0, 0.1) is 6.92 Å². The average molecular weight is 312 g/mol. The summed E-state index contributed by atoms with van der Waals surface area (Å²) >= 11 is 0. The zero-order valence-electron chi connectivity index (χ0n) is 13.3. The van der Waals surface area contributed by atoms with Crippen molar-refractivity contribution in [3.05, 3.63) is 53.6 Å². The van der Waals surface area contributed by atoms with Crippen LogP contribution in [0.5, 0.6) is 0 Å². The molecule has 1 aliphatic heterocycles. The minimum absolute atomic E-state index is 0.0691. The quantitative estimate of drug-likeness (QED) is 0.939. The van der Waals surface area contributed by atoms with Crippen molar-refractivity contribution in [2.24, 2.45) is 0 Å². The number of morpholine rings is 1. The van der Waals surface area contributed by atoms with Crippen molar-refractivity contribution in [1.82, 2.24) is 14.9 Å². The van der Waals surface area contributed by atoms with Crippen LogP contribution in [0.15, 0.2) is 36.5 Å². The highest BCUT2D eigenvalue weighted by atomic mass is 16.5. The number of carbonyl (C=O) groups is 1. The average Bonchev–Trinajstić information content (AvgIpc) is 2.61. The van der Waals surface area contributed by atoms with Gasteiger partial charge in [-0.3, -0.25) is 14.8 Å². The summed E-state index contributed by atoms with van der Waals surface area (Å²) in [6.45, 7) is 3.49. The van der Waals surface area contributed by atoms with Crippen LogP contribution in [-0.2, 0) is 4.74 Å². The number of carbonyl (C=O) groups excluding carboxylic acids is 1. The molecule has 1 aliphatic rings. The first-order valence-corrected chi connectivity index (χ1v) is 7.65. The zero-order chi connectivity index (χ0) is 16.2. The number of amides is 1. The molecule has 3 heterocycles. The topological polar surface area (TPSA) is 67.4 Å². The number of pyridine rings is 2. The van der Waals surface area contributed by atoms with Gasteiger partial charge in [0.05, 0.1) is 18.8 Å². The van der Waals surface area contributed by atoms with Gasteiger partial charge in [-0.25, -0.2) is 0 Å². The highest BCUT2D eigenvalue weighted by Crippen LogP contribution is 2.24. The maximum absolute atomic E-state index is 12.5. The fraction of sp³-hybridized carbons (Fsp3) is 0.353. The van der Waals surface area contributed by atoms with Crippen molar-refractivity contribution >= 4 is 11.6 Å². The van der Waals surface area contributed by atoms with Gasteiger partial charge in [-0.15, -0.1) is 0 Å². The maximum Gasteiger partial charge on any atom is 0.272 e. The Morgan fingerprint density at radius 1 is 1.39 bits per heavy atom. The first-order valence-electron chi connectivity index (χ1n) is 7.65. The summed E-state index contributed by atoms with van der Waals surface area (Å²) in [6.07, 6.45) is 1.41. The Morgan fingerprint density at radius 3 is 3.00 bits per heavy atom. The predicted molar refractivity (Wildman–Crippen MR) is 87.4 cm³/mol. The summed E-state index contributed by atoms with van der Waals surface area (Å²) < 4.78 is 5.83. The molecule has 0 unspecified atom stereocenters. The summed E-state index contributed by atoms with van der Waals surface area (Å²) in [6, 6.07) is 9.29. The zero-order valence-corrected chi connectivity index (χ0v) is 13.3. The van der Waals surface area contributed by atoms with E-state index in [1.54, 1.807) is 23.2 Å². The van der Waals surface area contributed by atoms with E-state index >= 15 is 0 Å². The van der Waals surface area contributed by atoms with Gasteiger partial charge in [0, 0.05) is 31.2 Å². The molecule has 0 radical (unpaired) electrons. The van der Waals surface area contributed by atoms with Crippen LogP contribution in [0.25, 0.3) is 0 Å². The maximum atomic E-state index is 12.5. The third-order valence-corrected chi connectivity index (χ3v) is 3.83. The third-order valence-electron chi connectivity index (χ3n) is 3.83. The second kappa shape index (κ2) is 6.75. The number of anilines is 1. The first-order chi connectivity index (χ1) is 11.2. The molecular weight excluding hydrogens is 292 g/mol. The SMILES string of the molecule is CNc1cc(C)nc([C@@H]2CN(C(=O)c3ccccn3)CCO2)c1. The second-order valence-corrected chi connectivity index (χ2v) is 5.50. The highest BCUT2D eigenvalue weighted by Gasteiger charge is 2.27. The van der Waals surface area contributed by atoms with Gasteiger partial charge in [0.1, 0.15) is 11.8 Å².